The van der Waals surface area contributed by atoms with Crippen LogP contribution in [-0.2, 0) is 4.79 Å². The van der Waals surface area contributed by atoms with Crippen LogP contribution < -0.4 is 10.2 Å². The van der Waals surface area contributed by atoms with Gasteiger partial charge in [-0.25, -0.2) is 8.78 Å². The Morgan fingerprint density at radius 1 is 1.44 bits per heavy atom. The number of hydrogen-bond donors (Lipinski definition) is 1. The highest BCUT2D eigenvalue weighted by Crippen LogP contribution is 2.23. The van der Waals surface area contributed by atoms with E-state index >= 15 is 0 Å². The summed E-state index contributed by atoms with van der Waals surface area (Å²) in [5, 5.41) is 2.84. The molecule has 1 fully saturated rings. The van der Waals surface area contributed by atoms with Gasteiger partial charge in [0.25, 0.3) is 0 Å². The van der Waals surface area contributed by atoms with Crippen molar-refractivity contribution in [3.8, 4) is 0 Å². The van der Waals surface area contributed by atoms with E-state index in [0.29, 0.717) is 12.2 Å². The predicted molar refractivity (Wildman–Crippen MR) is 65.4 cm³/mol. The van der Waals surface area contributed by atoms with Gasteiger partial charge in [-0.05, 0) is 25.0 Å². The Morgan fingerprint density at radius 3 is 2.89 bits per heavy atom. The molecule has 0 spiro atoms. The SMILES string of the molecule is CC(=O)NC1CCCN(c2ccc(F)cc2F)C1. The summed E-state index contributed by atoms with van der Waals surface area (Å²) in [7, 11) is 0. The number of benzene rings is 1. The zero-order valence-corrected chi connectivity index (χ0v) is 10.2. The van der Waals surface area contributed by atoms with Crippen molar-refractivity contribution in [1.82, 2.24) is 5.32 Å². The monoisotopic (exact) mass is 254 g/mol. The van der Waals surface area contributed by atoms with Crippen LogP contribution in [0.15, 0.2) is 18.2 Å². The molecule has 98 valence electrons. The van der Waals surface area contributed by atoms with Gasteiger partial charge in [-0.15, -0.1) is 0 Å². The Hall–Kier alpha value is -1.65. The molecule has 1 N–H and O–H groups in total. The summed E-state index contributed by atoms with van der Waals surface area (Å²) in [5.74, 6) is -1.22. The summed E-state index contributed by atoms with van der Waals surface area (Å²) in [6.45, 7) is 2.75. The molecule has 1 aliphatic rings. The maximum absolute atomic E-state index is 13.7. The molecule has 3 nitrogen and oxygen atoms in total. The molecule has 1 saturated heterocycles. The number of carbonyl (C=O) groups excluding carboxylic acids is 1. The number of nitrogens with one attached hydrogen (secondary N) is 1. The number of amides is 1. The minimum atomic E-state index is -0.577. The van der Waals surface area contributed by atoms with Crippen molar-refractivity contribution in [2.75, 3.05) is 18.0 Å². The third-order valence-corrected chi connectivity index (χ3v) is 3.08. The van der Waals surface area contributed by atoms with Gasteiger partial charge in [-0.3, -0.25) is 4.79 Å². The van der Waals surface area contributed by atoms with Crippen LogP contribution in [0.4, 0.5) is 14.5 Å². The second-order valence-electron chi connectivity index (χ2n) is 4.58. The number of carbonyl (C=O) groups is 1. The van der Waals surface area contributed by atoms with Crippen LogP contribution in [0.25, 0.3) is 0 Å². The topological polar surface area (TPSA) is 32.3 Å². The van der Waals surface area contributed by atoms with E-state index in [1.165, 1.54) is 19.1 Å². The van der Waals surface area contributed by atoms with Gasteiger partial charge in [0.1, 0.15) is 11.6 Å². The van der Waals surface area contributed by atoms with Gasteiger partial charge in [0.2, 0.25) is 5.91 Å². The first-order chi connectivity index (χ1) is 8.56. The number of halogens is 2. The zero-order valence-electron chi connectivity index (χ0n) is 10.2. The molecule has 0 aliphatic carbocycles. The summed E-state index contributed by atoms with van der Waals surface area (Å²) >= 11 is 0. The Labute approximate surface area is 105 Å². The van der Waals surface area contributed by atoms with Gasteiger partial charge in [0.15, 0.2) is 0 Å². The highest BCUT2D eigenvalue weighted by atomic mass is 19.1. The lowest BCUT2D eigenvalue weighted by Crippen LogP contribution is -2.47. The molecule has 0 saturated carbocycles. The molecular weight excluding hydrogens is 238 g/mol. The lowest BCUT2D eigenvalue weighted by atomic mass is 10.0. The lowest BCUT2D eigenvalue weighted by Gasteiger charge is -2.34. The van der Waals surface area contributed by atoms with Crippen molar-refractivity contribution in [2.24, 2.45) is 0 Å². The number of piperidine rings is 1. The van der Waals surface area contributed by atoms with Crippen LogP contribution >= 0.6 is 0 Å². The Bertz CT molecular complexity index is 451. The van der Waals surface area contributed by atoms with E-state index in [0.717, 1.165) is 25.5 Å². The summed E-state index contributed by atoms with van der Waals surface area (Å²) in [5.41, 5.74) is 0.395. The second kappa shape index (κ2) is 5.33. The highest BCUT2D eigenvalue weighted by molar-refractivity contribution is 5.73. The third-order valence-electron chi connectivity index (χ3n) is 3.08. The Kier molecular flexibility index (Phi) is 3.79. The molecule has 18 heavy (non-hydrogen) atoms. The zero-order chi connectivity index (χ0) is 13.1. The molecule has 1 aromatic carbocycles. The lowest BCUT2D eigenvalue weighted by molar-refractivity contribution is -0.119. The van der Waals surface area contributed by atoms with Crippen molar-refractivity contribution in [3.05, 3.63) is 29.8 Å². The standard InChI is InChI=1S/C13H16F2N2O/c1-9(18)16-11-3-2-6-17(8-11)13-5-4-10(14)7-12(13)15/h4-5,7,11H,2-3,6,8H2,1H3,(H,16,18). The number of anilines is 1. The van der Waals surface area contributed by atoms with Crippen LogP contribution in [0.1, 0.15) is 19.8 Å². The molecule has 0 radical (unpaired) electrons. The number of hydrogen-bond acceptors (Lipinski definition) is 2. The maximum atomic E-state index is 13.7. The van der Waals surface area contributed by atoms with Gasteiger partial charge in [-0.1, -0.05) is 0 Å². The van der Waals surface area contributed by atoms with Gasteiger partial charge < -0.3 is 10.2 Å². The molecule has 1 aromatic rings. The smallest absolute Gasteiger partial charge is 0.217 e. The van der Waals surface area contributed by atoms with Crippen molar-refractivity contribution in [3.63, 3.8) is 0 Å². The quantitative estimate of drug-likeness (QED) is 0.876. The molecule has 2 rings (SSSR count). The molecule has 1 atom stereocenters. The first-order valence-corrected chi connectivity index (χ1v) is 6.03. The summed E-state index contributed by atoms with van der Waals surface area (Å²) in [6.07, 6.45) is 1.76. The van der Waals surface area contributed by atoms with Crippen molar-refractivity contribution in [1.29, 1.82) is 0 Å². The largest absolute Gasteiger partial charge is 0.367 e. The molecule has 0 bridgehead atoms. The molecule has 1 aliphatic heterocycles. The second-order valence-corrected chi connectivity index (χ2v) is 4.58. The van der Waals surface area contributed by atoms with Crippen molar-refractivity contribution < 1.29 is 13.6 Å². The fraction of sp³-hybridized carbons (Fsp3) is 0.462. The van der Waals surface area contributed by atoms with E-state index in [-0.39, 0.29) is 11.9 Å². The predicted octanol–water partition coefficient (Wildman–Crippen LogP) is 2.07. The van der Waals surface area contributed by atoms with E-state index in [9.17, 15) is 13.6 Å². The van der Waals surface area contributed by atoms with Crippen molar-refractivity contribution in [2.45, 2.75) is 25.8 Å². The molecule has 1 heterocycles. The minimum Gasteiger partial charge on any atom is -0.367 e. The average Bonchev–Trinajstić information content (AvgIpc) is 2.28. The van der Waals surface area contributed by atoms with Crippen LogP contribution in [0.5, 0.6) is 0 Å². The van der Waals surface area contributed by atoms with Crippen LogP contribution in [0, 0.1) is 11.6 Å². The first kappa shape index (κ1) is 12.8. The van der Waals surface area contributed by atoms with E-state index in [1.807, 2.05) is 4.90 Å². The number of nitrogens with zero attached hydrogens (tertiary/aromatic N) is 1. The van der Waals surface area contributed by atoms with E-state index in [2.05, 4.69) is 5.32 Å². The van der Waals surface area contributed by atoms with Crippen LogP contribution in [-0.4, -0.2) is 25.0 Å². The van der Waals surface area contributed by atoms with E-state index < -0.39 is 11.6 Å². The molecular formula is C13H16F2N2O. The van der Waals surface area contributed by atoms with Crippen molar-refractivity contribution >= 4 is 11.6 Å². The number of rotatable bonds is 2. The first-order valence-electron chi connectivity index (χ1n) is 6.03. The van der Waals surface area contributed by atoms with Crippen LogP contribution in [0.3, 0.4) is 0 Å². The maximum Gasteiger partial charge on any atom is 0.217 e. The molecule has 5 heteroatoms. The van der Waals surface area contributed by atoms with Gasteiger partial charge in [0, 0.05) is 32.1 Å². The fourth-order valence-electron chi connectivity index (χ4n) is 2.34. The van der Waals surface area contributed by atoms with Gasteiger partial charge in [0.05, 0.1) is 5.69 Å². The molecule has 0 aromatic heterocycles. The molecule has 1 unspecified atom stereocenters. The van der Waals surface area contributed by atoms with Gasteiger partial charge >= 0.3 is 0 Å². The van der Waals surface area contributed by atoms with E-state index in [4.69, 9.17) is 0 Å². The third kappa shape index (κ3) is 2.97. The van der Waals surface area contributed by atoms with Gasteiger partial charge in [-0.2, -0.15) is 0 Å². The van der Waals surface area contributed by atoms with E-state index in [1.54, 1.807) is 0 Å². The normalized spacial score (nSPS) is 19.7. The fourth-order valence-corrected chi connectivity index (χ4v) is 2.34. The summed E-state index contributed by atoms with van der Waals surface area (Å²) in [4.78, 5) is 12.9. The average molecular weight is 254 g/mol. The highest BCUT2D eigenvalue weighted by Gasteiger charge is 2.22. The summed E-state index contributed by atoms with van der Waals surface area (Å²) in [6, 6.07) is 3.61. The summed E-state index contributed by atoms with van der Waals surface area (Å²) < 4.78 is 26.5. The Balaban J connectivity index is 2.10. The van der Waals surface area contributed by atoms with Crippen LogP contribution in [0.2, 0.25) is 0 Å². The molecule has 1 amide bonds. The minimum absolute atomic E-state index is 0.0284. The Morgan fingerprint density at radius 2 is 2.22 bits per heavy atom.